The molecule has 5 nitrogen and oxygen atoms in total. The van der Waals surface area contributed by atoms with Crippen molar-refractivity contribution in [1.82, 2.24) is 14.7 Å². The molecule has 0 aliphatic heterocycles. The smallest absolute Gasteiger partial charge is 0.317 e. The van der Waals surface area contributed by atoms with Crippen LogP contribution in [-0.4, -0.2) is 38.8 Å². The zero-order valence-electron chi connectivity index (χ0n) is 10.1. The zero-order chi connectivity index (χ0) is 12.8. The summed E-state index contributed by atoms with van der Waals surface area (Å²) >= 11 is 0. The number of carboxylic acids is 1. The number of carboxylic acid groups (broad SMARTS) is 1. The molecule has 1 aromatic rings. The quantitative estimate of drug-likeness (QED) is 0.747. The summed E-state index contributed by atoms with van der Waals surface area (Å²) in [7, 11) is 0. The highest BCUT2D eigenvalue weighted by Gasteiger charge is 2.11. The molecule has 0 aromatic carbocycles. The van der Waals surface area contributed by atoms with Crippen molar-refractivity contribution in [3.05, 3.63) is 18.0 Å². The van der Waals surface area contributed by atoms with Crippen LogP contribution in [0.4, 0.5) is 0 Å². The summed E-state index contributed by atoms with van der Waals surface area (Å²) in [5.74, 6) is 1.57. The summed E-state index contributed by atoms with van der Waals surface area (Å²) < 4.78 is 1.84. The molecule has 1 heterocycles. The van der Waals surface area contributed by atoms with Gasteiger partial charge < -0.3 is 5.11 Å². The topological polar surface area (TPSA) is 58.4 Å². The molecule has 0 bridgehead atoms. The Morgan fingerprint density at radius 3 is 2.88 bits per heavy atom. The predicted octanol–water partition coefficient (Wildman–Crippen LogP) is 0.984. The predicted molar refractivity (Wildman–Crippen MR) is 64.4 cm³/mol. The molecular weight excluding hydrogens is 218 g/mol. The first-order chi connectivity index (χ1) is 8.02. The lowest BCUT2D eigenvalue weighted by Gasteiger charge is -2.15. The van der Waals surface area contributed by atoms with Gasteiger partial charge in [0.25, 0.3) is 0 Å². The van der Waals surface area contributed by atoms with Crippen molar-refractivity contribution >= 4 is 5.97 Å². The van der Waals surface area contributed by atoms with Gasteiger partial charge in [0, 0.05) is 18.8 Å². The van der Waals surface area contributed by atoms with Gasteiger partial charge in [-0.15, -0.1) is 6.42 Å². The molecule has 0 atom stereocenters. The van der Waals surface area contributed by atoms with Gasteiger partial charge >= 0.3 is 5.97 Å². The number of carbonyl (C=O) groups is 1. The summed E-state index contributed by atoms with van der Waals surface area (Å²) in [5, 5.41) is 13.1. The molecule has 17 heavy (non-hydrogen) atoms. The van der Waals surface area contributed by atoms with Crippen LogP contribution in [0.25, 0.3) is 0 Å². The molecule has 0 spiro atoms. The molecule has 1 rings (SSSR count). The van der Waals surface area contributed by atoms with E-state index in [1.165, 1.54) is 0 Å². The van der Waals surface area contributed by atoms with Gasteiger partial charge in [0.2, 0.25) is 0 Å². The number of hydrogen-bond acceptors (Lipinski definition) is 3. The summed E-state index contributed by atoms with van der Waals surface area (Å²) in [6.07, 6.45) is 7.09. The van der Waals surface area contributed by atoms with Gasteiger partial charge in [-0.05, 0) is 19.9 Å². The minimum atomic E-state index is -0.886. The lowest BCUT2D eigenvalue weighted by atomic mass is 10.3. The second kappa shape index (κ2) is 6.06. The van der Waals surface area contributed by atoms with Crippen molar-refractivity contribution in [2.24, 2.45) is 0 Å². The number of rotatable bonds is 6. The maximum absolute atomic E-state index is 10.7. The van der Waals surface area contributed by atoms with Crippen LogP contribution in [0.5, 0.6) is 0 Å². The highest BCUT2D eigenvalue weighted by molar-refractivity contribution is 5.69. The van der Waals surface area contributed by atoms with E-state index in [1.807, 2.05) is 30.8 Å². The van der Waals surface area contributed by atoms with Crippen molar-refractivity contribution < 1.29 is 9.90 Å². The van der Waals surface area contributed by atoms with E-state index in [0.29, 0.717) is 19.1 Å². The molecule has 0 saturated heterocycles. The Morgan fingerprint density at radius 2 is 2.41 bits per heavy atom. The first kappa shape index (κ1) is 13.3. The average molecular weight is 235 g/mol. The van der Waals surface area contributed by atoms with Crippen LogP contribution in [0.1, 0.15) is 25.6 Å². The SMILES string of the molecule is C#CCN(CC(=O)O)Cc1ccn(C(C)C)n1. The van der Waals surface area contributed by atoms with Crippen LogP contribution >= 0.6 is 0 Å². The molecule has 92 valence electrons. The van der Waals surface area contributed by atoms with Crippen LogP contribution in [0.3, 0.4) is 0 Å². The Bertz CT molecular complexity index is 418. The zero-order valence-corrected chi connectivity index (χ0v) is 10.1. The Morgan fingerprint density at radius 1 is 1.71 bits per heavy atom. The third kappa shape index (κ3) is 4.29. The van der Waals surface area contributed by atoms with E-state index >= 15 is 0 Å². The minimum Gasteiger partial charge on any atom is -0.480 e. The fraction of sp³-hybridized carbons (Fsp3) is 0.500. The minimum absolute atomic E-state index is 0.0707. The van der Waals surface area contributed by atoms with Gasteiger partial charge in [-0.2, -0.15) is 5.10 Å². The van der Waals surface area contributed by atoms with Gasteiger partial charge in [0.1, 0.15) is 0 Å². The third-order valence-electron chi connectivity index (χ3n) is 2.25. The first-order valence-electron chi connectivity index (χ1n) is 5.44. The van der Waals surface area contributed by atoms with E-state index in [9.17, 15) is 4.79 Å². The summed E-state index contributed by atoms with van der Waals surface area (Å²) in [6.45, 7) is 4.76. The lowest BCUT2D eigenvalue weighted by molar-refractivity contribution is -0.138. The van der Waals surface area contributed by atoms with Crippen molar-refractivity contribution in [2.75, 3.05) is 13.1 Å². The van der Waals surface area contributed by atoms with Crippen molar-refractivity contribution in [1.29, 1.82) is 0 Å². The molecule has 0 unspecified atom stereocenters. The van der Waals surface area contributed by atoms with Gasteiger partial charge in [0.15, 0.2) is 0 Å². The third-order valence-corrected chi connectivity index (χ3v) is 2.25. The summed E-state index contributed by atoms with van der Waals surface area (Å²) in [4.78, 5) is 12.3. The average Bonchev–Trinajstić information content (AvgIpc) is 2.65. The van der Waals surface area contributed by atoms with Crippen molar-refractivity contribution in [3.8, 4) is 12.3 Å². The standard InChI is InChI=1S/C12H17N3O2/c1-4-6-14(9-12(16)17)8-11-5-7-15(13-11)10(2)3/h1,5,7,10H,6,8-9H2,2-3H3,(H,16,17). The molecule has 5 heteroatoms. The molecule has 0 radical (unpaired) electrons. The van der Waals surface area contributed by atoms with E-state index in [0.717, 1.165) is 5.69 Å². The van der Waals surface area contributed by atoms with Crippen LogP contribution in [0.2, 0.25) is 0 Å². The largest absolute Gasteiger partial charge is 0.480 e. The molecule has 1 aromatic heterocycles. The molecule has 0 saturated carbocycles. The highest BCUT2D eigenvalue weighted by atomic mass is 16.4. The molecule has 0 amide bonds. The van der Waals surface area contributed by atoms with E-state index in [1.54, 1.807) is 4.90 Å². The number of terminal acetylenes is 1. The molecular formula is C12H17N3O2. The summed E-state index contributed by atoms with van der Waals surface area (Å²) in [5.41, 5.74) is 0.829. The molecule has 0 aliphatic carbocycles. The van der Waals surface area contributed by atoms with Crippen LogP contribution < -0.4 is 0 Å². The fourth-order valence-electron chi connectivity index (χ4n) is 1.47. The Hall–Kier alpha value is -1.80. The monoisotopic (exact) mass is 235 g/mol. The van der Waals surface area contributed by atoms with Crippen LogP contribution in [0, 0.1) is 12.3 Å². The highest BCUT2D eigenvalue weighted by Crippen LogP contribution is 2.06. The molecule has 0 aliphatic rings. The van der Waals surface area contributed by atoms with E-state index in [2.05, 4.69) is 11.0 Å². The number of hydrogen-bond donors (Lipinski definition) is 1. The second-order valence-electron chi connectivity index (χ2n) is 4.12. The van der Waals surface area contributed by atoms with Crippen molar-refractivity contribution in [3.63, 3.8) is 0 Å². The van der Waals surface area contributed by atoms with E-state index in [4.69, 9.17) is 11.5 Å². The maximum atomic E-state index is 10.7. The lowest BCUT2D eigenvalue weighted by Crippen LogP contribution is -2.29. The molecule has 1 N–H and O–H groups in total. The maximum Gasteiger partial charge on any atom is 0.317 e. The Labute approximate surface area is 101 Å². The van der Waals surface area contributed by atoms with Crippen molar-refractivity contribution in [2.45, 2.75) is 26.4 Å². The first-order valence-corrected chi connectivity index (χ1v) is 5.44. The number of aromatic nitrogens is 2. The van der Waals surface area contributed by atoms with Gasteiger partial charge in [-0.1, -0.05) is 5.92 Å². The normalized spacial score (nSPS) is 10.8. The number of nitrogens with zero attached hydrogens (tertiary/aromatic N) is 3. The molecule has 0 fully saturated rings. The summed E-state index contributed by atoms with van der Waals surface area (Å²) in [6, 6.07) is 2.18. The van der Waals surface area contributed by atoms with Gasteiger partial charge in [-0.3, -0.25) is 14.4 Å². The van der Waals surface area contributed by atoms with Gasteiger partial charge in [0.05, 0.1) is 18.8 Å². The van der Waals surface area contributed by atoms with E-state index < -0.39 is 5.97 Å². The van der Waals surface area contributed by atoms with Gasteiger partial charge in [-0.25, -0.2) is 0 Å². The Kier molecular flexibility index (Phi) is 4.73. The number of aliphatic carboxylic acids is 1. The van der Waals surface area contributed by atoms with Crippen LogP contribution in [0.15, 0.2) is 12.3 Å². The fourth-order valence-corrected chi connectivity index (χ4v) is 1.47. The second-order valence-corrected chi connectivity index (χ2v) is 4.12. The van der Waals surface area contributed by atoms with Crippen LogP contribution in [-0.2, 0) is 11.3 Å². The van der Waals surface area contributed by atoms with E-state index in [-0.39, 0.29) is 6.54 Å². The Balaban J connectivity index is 2.65.